The summed E-state index contributed by atoms with van der Waals surface area (Å²) < 4.78 is 0. The Labute approximate surface area is 83.4 Å². The van der Waals surface area contributed by atoms with Crippen LogP contribution in [0.15, 0.2) is 11.7 Å². The maximum Gasteiger partial charge on any atom is 0.0794 e. The van der Waals surface area contributed by atoms with Gasteiger partial charge in [0.2, 0.25) is 0 Å². The average molecular weight is 196 g/mol. The first kappa shape index (κ1) is 9.16. The molecule has 0 amide bonds. The molecule has 1 N–H and O–H groups in total. The van der Waals surface area contributed by atoms with Crippen molar-refractivity contribution in [1.29, 1.82) is 0 Å². The molecule has 0 radical (unpaired) electrons. The Morgan fingerprint density at radius 3 is 2.92 bits per heavy atom. The fourth-order valence-corrected chi connectivity index (χ4v) is 2.60. The lowest BCUT2D eigenvalue weighted by atomic mass is 10.2. The largest absolute Gasteiger partial charge is 0.307 e. The van der Waals surface area contributed by atoms with Crippen LogP contribution in [-0.4, -0.2) is 11.0 Å². The van der Waals surface area contributed by atoms with Gasteiger partial charge in [-0.15, -0.1) is 11.3 Å². The highest BCUT2D eigenvalue weighted by Gasteiger charge is 2.17. The van der Waals surface area contributed by atoms with Crippen LogP contribution < -0.4 is 5.32 Å². The first-order chi connectivity index (χ1) is 6.36. The minimum Gasteiger partial charge on any atom is -0.307 e. The maximum absolute atomic E-state index is 4.10. The normalized spacial score (nSPS) is 20.7. The third-order valence-corrected chi connectivity index (χ3v) is 3.68. The summed E-state index contributed by atoms with van der Waals surface area (Å²) in [4.78, 5) is 5.45. The van der Waals surface area contributed by atoms with Crippen LogP contribution >= 0.6 is 11.3 Å². The summed E-state index contributed by atoms with van der Waals surface area (Å²) in [7, 11) is 0. The van der Waals surface area contributed by atoms with Crippen LogP contribution in [0.25, 0.3) is 0 Å². The van der Waals surface area contributed by atoms with Gasteiger partial charge in [0.25, 0.3) is 0 Å². The number of thiazole rings is 1. The molecule has 0 spiro atoms. The standard InChI is InChI=1S/C10H16N2S/c1-8(10-6-11-7-13-10)12-9-4-2-3-5-9/h6-9,12H,2-5H2,1H3. The van der Waals surface area contributed by atoms with Crippen molar-refractivity contribution in [2.75, 3.05) is 0 Å². The van der Waals surface area contributed by atoms with Gasteiger partial charge in [-0.2, -0.15) is 0 Å². The monoisotopic (exact) mass is 196 g/mol. The summed E-state index contributed by atoms with van der Waals surface area (Å²) in [5.74, 6) is 0. The summed E-state index contributed by atoms with van der Waals surface area (Å²) in [6.45, 7) is 2.23. The molecule has 72 valence electrons. The highest BCUT2D eigenvalue weighted by atomic mass is 32.1. The molecule has 1 aromatic heterocycles. The molecular formula is C10H16N2S. The highest BCUT2D eigenvalue weighted by molar-refractivity contribution is 7.09. The zero-order chi connectivity index (χ0) is 9.10. The third kappa shape index (κ3) is 2.29. The van der Waals surface area contributed by atoms with Crippen molar-refractivity contribution in [3.63, 3.8) is 0 Å². The first-order valence-corrected chi connectivity index (χ1v) is 5.88. The summed E-state index contributed by atoms with van der Waals surface area (Å²) in [6.07, 6.45) is 7.46. The molecule has 1 saturated carbocycles. The molecule has 1 heterocycles. The van der Waals surface area contributed by atoms with Crippen LogP contribution in [0.1, 0.15) is 43.5 Å². The molecular weight excluding hydrogens is 180 g/mol. The van der Waals surface area contributed by atoms with Gasteiger partial charge in [0.15, 0.2) is 0 Å². The number of aromatic nitrogens is 1. The van der Waals surface area contributed by atoms with Gasteiger partial charge in [-0.25, -0.2) is 0 Å². The molecule has 1 unspecified atom stereocenters. The zero-order valence-electron chi connectivity index (χ0n) is 7.99. The van der Waals surface area contributed by atoms with Crippen LogP contribution in [0.4, 0.5) is 0 Å². The Morgan fingerprint density at radius 2 is 2.31 bits per heavy atom. The summed E-state index contributed by atoms with van der Waals surface area (Å²) in [5.41, 5.74) is 1.90. The topological polar surface area (TPSA) is 24.9 Å². The van der Waals surface area contributed by atoms with E-state index in [-0.39, 0.29) is 0 Å². The Bertz CT molecular complexity index is 239. The van der Waals surface area contributed by atoms with E-state index in [1.807, 2.05) is 11.7 Å². The number of nitrogens with zero attached hydrogens (tertiary/aromatic N) is 1. The molecule has 1 aliphatic rings. The SMILES string of the molecule is CC(NC1CCCC1)c1cncs1. The van der Waals surface area contributed by atoms with Crippen molar-refractivity contribution in [2.45, 2.75) is 44.7 Å². The molecule has 0 bridgehead atoms. The molecule has 1 atom stereocenters. The molecule has 2 rings (SSSR count). The first-order valence-electron chi connectivity index (χ1n) is 5.00. The molecule has 13 heavy (non-hydrogen) atoms. The Hall–Kier alpha value is -0.410. The van der Waals surface area contributed by atoms with Crippen molar-refractivity contribution < 1.29 is 0 Å². The molecule has 1 fully saturated rings. The van der Waals surface area contributed by atoms with Crippen LogP contribution in [0.3, 0.4) is 0 Å². The predicted octanol–water partition coefficient (Wildman–Crippen LogP) is 2.74. The van der Waals surface area contributed by atoms with Crippen LogP contribution in [-0.2, 0) is 0 Å². The van der Waals surface area contributed by atoms with Crippen molar-refractivity contribution >= 4 is 11.3 Å². The van der Waals surface area contributed by atoms with Crippen molar-refractivity contribution in [1.82, 2.24) is 10.3 Å². The highest BCUT2D eigenvalue weighted by Crippen LogP contribution is 2.23. The van der Waals surface area contributed by atoms with E-state index in [1.54, 1.807) is 11.3 Å². The van der Waals surface area contributed by atoms with Crippen LogP contribution in [0, 0.1) is 0 Å². The van der Waals surface area contributed by atoms with Crippen LogP contribution in [0.5, 0.6) is 0 Å². The predicted molar refractivity (Wildman–Crippen MR) is 55.9 cm³/mol. The van der Waals surface area contributed by atoms with Crippen LogP contribution in [0.2, 0.25) is 0 Å². The van der Waals surface area contributed by atoms with Crippen molar-refractivity contribution in [3.05, 3.63) is 16.6 Å². The van der Waals surface area contributed by atoms with Gasteiger partial charge < -0.3 is 5.32 Å². The minimum atomic E-state index is 0.482. The molecule has 0 saturated heterocycles. The fourth-order valence-electron chi connectivity index (χ4n) is 1.97. The third-order valence-electron chi connectivity index (χ3n) is 2.72. The molecule has 0 aromatic carbocycles. The van der Waals surface area contributed by atoms with E-state index < -0.39 is 0 Å². The lowest BCUT2D eigenvalue weighted by Gasteiger charge is -2.17. The Morgan fingerprint density at radius 1 is 1.54 bits per heavy atom. The van der Waals surface area contributed by atoms with E-state index >= 15 is 0 Å². The van der Waals surface area contributed by atoms with Gasteiger partial charge in [-0.3, -0.25) is 4.98 Å². The molecule has 1 aliphatic carbocycles. The van der Waals surface area contributed by atoms with E-state index in [4.69, 9.17) is 0 Å². The number of rotatable bonds is 3. The van der Waals surface area contributed by atoms with Gasteiger partial charge in [-0.05, 0) is 19.8 Å². The second kappa shape index (κ2) is 4.20. The van der Waals surface area contributed by atoms with E-state index in [0.717, 1.165) is 6.04 Å². The van der Waals surface area contributed by atoms with Gasteiger partial charge in [0.05, 0.1) is 5.51 Å². The second-order valence-electron chi connectivity index (χ2n) is 3.77. The Kier molecular flexibility index (Phi) is 2.96. The maximum atomic E-state index is 4.10. The quantitative estimate of drug-likeness (QED) is 0.804. The van der Waals surface area contributed by atoms with E-state index in [1.165, 1.54) is 30.6 Å². The summed E-state index contributed by atoms with van der Waals surface area (Å²) in [6, 6.07) is 1.23. The van der Waals surface area contributed by atoms with Crippen molar-refractivity contribution in [3.8, 4) is 0 Å². The second-order valence-corrected chi connectivity index (χ2v) is 4.69. The lowest BCUT2D eigenvalue weighted by Crippen LogP contribution is -2.28. The molecule has 3 heteroatoms. The smallest absolute Gasteiger partial charge is 0.0794 e. The average Bonchev–Trinajstić information content (AvgIpc) is 2.74. The lowest BCUT2D eigenvalue weighted by molar-refractivity contribution is 0.465. The summed E-state index contributed by atoms with van der Waals surface area (Å²) >= 11 is 1.74. The minimum absolute atomic E-state index is 0.482. The fraction of sp³-hybridized carbons (Fsp3) is 0.700. The number of hydrogen-bond acceptors (Lipinski definition) is 3. The van der Waals surface area contributed by atoms with Gasteiger partial charge in [-0.1, -0.05) is 12.8 Å². The van der Waals surface area contributed by atoms with Gasteiger partial charge >= 0.3 is 0 Å². The van der Waals surface area contributed by atoms with E-state index in [0.29, 0.717) is 6.04 Å². The zero-order valence-corrected chi connectivity index (χ0v) is 8.81. The molecule has 0 aliphatic heterocycles. The van der Waals surface area contributed by atoms with Crippen molar-refractivity contribution in [2.24, 2.45) is 0 Å². The summed E-state index contributed by atoms with van der Waals surface area (Å²) in [5, 5.41) is 3.65. The van der Waals surface area contributed by atoms with E-state index in [2.05, 4.69) is 17.2 Å². The number of nitrogens with one attached hydrogen (secondary N) is 1. The van der Waals surface area contributed by atoms with Gasteiger partial charge in [0.1, 0.15) is 0 Å². The Balaban J connectivity index is 1.87. The molecule has 1 aromatic rings. The molecule has 2 nitrogen and oxygen atoms in total. The van der Waals surface area contributed by atoms with Gasteiger partial charge in [0, 0.05) is 23.2 Å². The van der Waals surface area contributed by atoms with E-state index in [9.17, 15) is 0 Å². The number of hydrogen-bond donors (Lipinski definition) is 1.